The smallest absolute Gasteiger partial charge is 0.357 e. The second-order valence-electron chi connectivity index (χ2n) is 12.2. The van der Waals surface area contributed by atoms with Crippen molar-refractivity contribution in [1.29, 1.82) is 0 Å². The van der Waals surface area contributed by atoms with Gasteiger partial charge in [-0.2, -0.15) is 0 Å². The van der Waals surface area contributed by atoms with Gasteiger partial charge in [0.25, 0.3) is 0 Å². The Morgan fingerprint density at radius 1 is 0.267 bits per heavy atom. The number of carboxylic acid groups (broad SMARTS) is 2. The van der Waals surface area contributed by atoms with Gasteiger partial charge >= 0.3 is 42.4 Å². The summed E-state index contributed by atoms with van der Waals surface area (Å²) in [7, 11) is 0. The summed E-state index contributed by atoms with van der Waals surface area (Å²) < 4.78 is 28.8. The van der Waals surface area contributed by atoms with Crippen LogP contribution in [-0.4, -0.2) is 11.9 Å². The molecule has 8 aromatic carbocycles. The fraction of sp³-hybridized carbons (Fsp3) is 0. The van der Waals surface area contributed by atoms with E-state index in [4.69, 9.17) is 38.7 Å². The van der Waals surface area contributed by atoms with Gasteiger partial charge in [0.2, 0.25) is 0 Å². The summed E-state index contributed by atoms with van der Waals surface area (Å²) in [5, 5.41) is 17.9. The Bertz CT molecular complexity index is 2140. The van der Waals surface area contributed by atoms with Crippen molar-refractivity contribution in [1.82, 2.24) is 0 Å². The maximum Gasteiger partial charge on any atom is 0.357 e. The summed E-state index contributed by atoms with van der Waals surface area (Å²) in [6, 6.07) is 72.9. The molecule has 10 heteroatoms. The quantitative estimate of drug-likeness (QED) is 0.135. The molecule has 0 saturated heterocycles. The van der Waals surface area contributed by atoms with Gasteiger partial charge in [0.1, 0.15) is 46.0 Å². The van der Waals surface area contributed by atoms with E-state index in [9.17, 15) is 0 Å². The highest BCUT2D eigenvalue weighted by Gasteiger charge is 2.17. The molecule has 298 valence electrons. The summed E-state index contributed by atoms with van der Waals surface area (Å²) in [4.78, 5) is 17.9. The van der Waals surface area contributed by atoms with Crippen molar-refractivity contribution >= 4 is 11.9 Å². The first kappa shape index (κ1) is 43.0. The van der Waals surface area contributed by atoms with Crippen LogP contribution in [0.2, 0.25) is 0 Å². The Morgan fingerprint density at radius 2 is 0.433 bits per heavy atom. The number of aliphatic carboxylic acids is 2. The maximum atomic E-state index is 8.93. The number of para-hydroxylation sites is 4. The largest absolute Gasteiger partial charge is 0.543 e. The highest BCUT2D eigenvalue weighted by atomic mass is 127. The number of rotatable bonds is 12. The van der Waals surface area contributed by atoms with E-state index in [1.807, 2.05) is 170 Å². The Balaban J connectivity index is 0.000000177. The molecule has 0 heterocycles. The molecule has 0 bridgehead atoms. The number of carbonyl (C=O) groups is 2. The monoisotopic (exact) mass is 1020 g/mol. The van der Waals surface area contributed by atoms with Crippen LogP contribution >= 0.6 is 0 Å². The summed E-state index contributed by atoms with van der Waals surface area (Å²) in [6.45, 7) is 0. The van der Waals surface area contributed by atoms with E-state index in [0.29, 0.717) is 0 Å². The third kappa shape index (κ3) is 14.9. The van der Waals surface area contributed by atoms with Crippen LogP contribution in [0.25, 0.3) is 0 Å². The Labute approximate surface area is 369 Å². The number of carboxylic acids is 2. The standard InChI is InChI=1S/2C24H18IO2.C2H2O4/c2*1-3-7-21(8-4-1)26-23-15-11-19(12-16-23)25-20-13-17-24(18-14-20)27-22-9-5-2-6-10-22;3-1(4)2(5)6/h2*1-18H;(H,3,4)(H,5,6)/q2*+1;/p-2. The highest BCUT2D eigenvalue weighted by molar-refractivity contribution is 6.25. The summed E-state index contributed by atoms with van der Waals surface area (Å²) >= 11 is -0.458. The van der Waals surface area contributed by atoms with Crippen molar-refractivity contribution in [3.05, 3.63) is 233 Å². The van der Waals surface area contributed by atoms with E-state index in [2.05, 4.69) is 48.5 Å². The first-order valence-corrected chi connectivity index (χ1v) is 22.7. The zero-order valence-electron chi connectivity index (χ0n) is 31.8. The number of hydrogen-bond acceptors (Lipinski definition) is 8. The number of carbonyl (C=O) groups excluding carboxylic acids is 2. The van der Waals surface area contributed by atoms with E-state index < -0.39 is 11.9 Å². The van der Waals surface area contributed by atoms with Gasteiger partial charge in [0, 0.05) is 0 Å². The zero-order chi connectivity index (χ0) is 41.8. The van der Waals surface area contributed by atoms with Crippen molar-refractivity contribution < 1.29 is 81.2 Å². The molecule has 60 heavy (non-hydrogen) atoms. The lowest BCUT2D eigenvalue weighted by atomic mass is 10.3. The van der Waals surface area contributed by atoms with Crippen LogP contribution in [0.15, 0.2) is 218 Å². The van der Waals surface area contributed by atoms with E-state index in [0.717, 1.165) is 46.0 Å². The average Bonchev–Trinajstić information content (AvgIpc) is 3.28. The van der Waals surface area contributed by atoms with Crippen LogP contribution in [0.4, 0.5) is 0 Å². The van der Waals surface area contributed by atoms with Gasteiger partial charge in [-0.15, -0.1) is 0 Å². The molecule has 8 nitrogen and oxygen atoms in total. The molecule has 0 aliphatic rings. The van der Waals surface area contributed by atoms with E-state index >= 15 is 0 Å². The van der Waals surface area contributed by atoms with Crippen LogP contribution in [0.1, 0.15) is 0 Å². The first-order chi connectivity index (χ1) is 29.3. The van der Waals surface area contributed by atoms with Crippen LogP contribution in [0.3, 0.4) is 0 Å². The van der Waals surface area contributed by atoms with E-state index in [-0.39, 0.29) is 42.4 Å². The molecular weight excluding hydrogens is 982 g/mol. The predicted octanol–water partition coefficient (Wildman–Crippen LogP) is 3.29. The molecule has 0 amide bonds. The molecule has 0 N–H and O–H groups in total. The van der Waals surface area contributed by atoms with Gasteiger partial charge < -0.3 is 38.7 Å². The SMILES string of the molecule is O=C([O-])C(=O)[O-].c1ccc(Oc2ccc([I+]c3ccc(Oc4ccccc4)cc3)cc2)cc1.c1ccc(Oc2ccc([I+]c3ccc(Oc4ccccc4)cc3)cc2)cc1. The Kier molecular flexibility index (Phi) is 16.5. The molecule has 8 aromatic rings. The van der Waals surface area contributed by atoms with Gasteiger partial charge in [-0.05, 0) is 146 Å². The second-order valence-corrected chi connectivity index (χ2v) is 18.3. The predicted molar refractivity (Wildman–Crippen MR) is 217 cm³/mol. The third-order valence-corrected chi connectivity index (χ3v) is 13.1. The molecule has 0 aliphatic carbocycles. The average molecular weight is 1020 g/mol. The number of benzene rings is 8. The van der Waals surface area contributed by atoms with Gasteiger partial charge in [-0.1, -0.05) is 72.8 Å². The van der Waals surface area contributed by atoms with Gasteiger partial charge in [-0.25, -0.2) is 0 Å². The van der Waals surface area contributed by atoms with E-state index in [1.165, 1.54) is 14.3 Å². The minimum absolute atomic E-state index is 0.229. The van der Waals surface area contributed by atoms with Crippen LogP contribution < -0.4 is 71.6 Å². The second kappa shape index (κ2) is 23.1. The van der Waals surface area contributed by atoms with Crippen molar-refractivity contribution in [3.63, 3.8) is 0 Å². The number of hydrogen-bond donors (Lipinski definition) is 0. The molecule has 0 saturated carbocycles. The van der Waals surface area contributed by atoms with Crippen LogP contribution in [0.5, 0.6) is 46.0 Å². The van der Waals surface area contributed by atoms with Gasteiger partial charge in [-0.3, -0.25) is 0 Å². The molecule has 0 radical (unpaired) electrons. The maximum absolute atomic E-state index is 8.93. The lowest BCUT2D eigenvalue weighted by molar-refractivity contribution is -0.597. The molecule has 0 atom stereocenters. The topological polar surface area (TPSA) is 117 Å². The summed E-state index contributed by atoms with van der Waals surface area (Å²) in [6.07, 6.45) is 0. The van der Waals surface area contributed by atoms with Crippen molar-refractivity contribution in [2.45, 2.75) is 0 Å². The van der Waals surface area contributed by atoms with E-state index in [1.54, 1.807) is 0 Å². The van der Waals surface area contributed by atoms with Gasteiger partial charge in [0.15, 0.2) is 14.3 Å². The fourth-order valence-electron chi connectivity index (χ4n) is 5.01. The summed E-state index contributed by atoms with van der Waals surface area (Å²) in [5.41, 5.74) is 0. The van der Waals surface area contributed by atoms with Gasteiger partial charge in [0.05, 0.1) is 11.9 Å². The molecule has 0 spiro atoms. The molecule has 8 rings (SSSR count). The lowest BCUT2D eigenvalue weighted by Crippen LogP contribution is -3.61. The van der Waals surface area contributed by atoms with Crippen LogP contribution in [-0.2, 0) is 9.59 Å². The molecule has 0 aromatic heterocycles. The summed E-state index contributed by atoms with van der Waals surface area (Å²) in [5.74, 6) is 2.50. The zero-order valence-corrected chi connectivity index (χ0v) is 36.1. The highest BCUT2D eigenvalue weighted by Crippen LogP contribution is 2.23. The Hall–Kier alpha value is -6.64. The van der Waals surface area contributed by atoms with Crippen molar-refractivity contribution in [2.75, 3.05) is 0 Å². The number of halogens is 2. The molecule has 0 unspecified atom stereocenters. The third-order valence-electron chi connectivity index (χ3n) is 7.77. The molecular formula is C50H36I2O8. The minimum Gasteiger partial charge on any atom is -0.543 e. The van der Waals surface area contributed by atoms with Crippen molar-refractivity contribution in [3.8, 4) is 46.0 Å². The molecule has 0 aliphatic heterocycles. The van der Waals surface area contributed by atoms with Crippen molar-refractivity contribution in [2.24, 2.45) is 0 Å². The normalized spacial score (nSPS) is 10.1. The van der Waals surface area contributed by atoms with Crippen LogP contribution in [0, 0.1) is 14.3 Å². The minimum atomic E-state index is -2.19. The lowest BCUT2D eigenvalue weighted by Gasteiger charge is -2.04. The first-order valence-electron chi connectivity index (χ1n) is 18.4. The Morgan fingerprint density at radius 3 is 0.600 bits per heavy atom. The molecule has 0 fully saturated rings. The fourth-order valence-corrected chi connectivity index (χ4v) is 9.33. The number of ether oxygens (including phenoxy) is 4.